The fourth-order valence-corrected chi connectivity index (χ4v) is 5.09. The maximum atomic E-state index is 11.8. The summed E-state index contributed by atoms with van der Waals surface area (Å²) >= 11 is 2.35. The highest BCUT2D eigenvalue weighted by Gasteiger charge is 2.24. The molecule has 0 atom stereocenters. The Morgan fingerprint density at radius 3 is 2.40 bits per heavy atom. The van der Waals surface area contributed by atoms with Crippen LogP contribution >= 0.6 is 22.6 Å². The van der Waals surface area contributed by atoms with Crippen molar-refractivity contribution in [2.24, 2.45) is 11.8 Å². The van der Waals surface area contributed by atoms with Crippen LogP contribution < -0.4 is 0 Å². The van der Waals surface area contributed by atoms with Crippen LogP contribution in [-0.2, 0) is 20.8 Å². The Bertz CT molecular complexity index is 834. The van der Waals surface area contributed by atoms with Crippen LogP contribution in [0.2, 0.25) is 0 Å². The normalized spacial score (nSPS) is 19.6. The van der Waals surface area contributed by atoms with E-state index in [2.05, 4.69) is 58.5 Å². The van der Waals surface area contributed by atoms with Crippen molar-refractivity contribution in [2.45, 2.75) is 65.5 Å². The van der Waals surface area contributed by atoms with Crippen LogP contribution in [-0.4, -0.2) is 34.6 Å². The zero-order chi connectivity index (χ0) is 21.7. The molecule has 0 N–H and O–H groups in total. The summed E-state index contributed by atoms with van der Waals surface area (Å²) < 4.78 is 14.2. The number of carbonyl (C=O) groups excluding carboxylic acids is 1. The summed E-state index contributed by atoms with van der Waals surface area (Å²) in [4.78, 5) is 11.8. The maximum Gasteiger partial charge on any atom is 0.332 e. The van der Waals surface area contributed by atoms with Gasteiger partial charge in [0, 0.05) is 17.8 Å². The molecule has 0 saturated heterocycles. The quantitative estimate of drug-likeness (QED) is 0.348. The first-order chi connectivity index (χ1) is 14.2. The van der Waals surface area contributed by atoms with Gasteiger partial charge in [0.25, 0.3) is 0 Å². The van der Waals surface area contributed by atoms with Gasteiger partial charge in [-0.3, -0.25) is 4.68 Å². The third kappa shape index (κ3) is 6.54. The van der Waals surface area contributed by atoms with Gasteiger partial charge >= 0.3 is 5.97 Å². The van der Waals surface area contributed by atoms with Crippen LogP contribution in [0, 0.1) is 22.5 Å². The molecule has 1 aromatic carbocycles. The lowest BCUT2D eigenvalue weighted by Gasteiger charge is -2.28. The minimum atomic E-state index is -0.457. The van der Waals surface area contributed by atoms with E-state index in [4.69, 9.17) is 14.6 Å². The fraction of sp³-hybridized carbons (Fsp3) is 0.583. The summed E-state index contributed by atoms with van der Waals surface area (Å²) in [7, 11) is 0. The fourth-order valence-electron chi connectivity index (χ4n) is 4.13. The number of rotatable bonds is 7. The zero-order valence-electron chi connectivity index (χ0n) is 18.5. The molecule has 1 saturated carbocycles. The van der Waals surface area contributed by atoms with E-state index in [0.717, 1.165) is 23.1 Å². The first kappa shape index (κ1) is 23.3. The first-order valence-corrected chi connectivity index (χ1v) is 11.9. The number of aromatic nitrogens is 2. The van der Waals surface area contributed by atoms with E-state index in [1.165, 1.54) is 29.7 Å². The number of benzene rings is 1. The summed E-state index contributed by atoms with van der Waals surface area (Å²) in [5, 5.41) is 4.83. The Kier molecular flexibility index (Phi) is 7.96. The SMILES string of the molecule is Cc1c(-c2ccccc2)c(I)nn1CC1CCC(COCC(=O)OC(C)(C)C)CC1. The predicted molar refractivity (Wildman–Crippen MR) is 127 cm³/mol. The molecule has 0 amide bonds. The molecule has 1 aliphatic carbocycles. The lowest BCUT2D eigenvalue weighted by Crippen LogP contribution is -2.28. The predicted octanol–water partition coefficient (Wildman–Crippen LogP) is 5.63. The van der Waals surface area contributed by atoms with Crippen molar-refractivity contribution in [1.29, 1.82) is 0 Å². The molecule has 0 spiro atoms. The van der Waals surface area contributed by atoms with Crippen molar-refractivity contribution in [3.63, 3.8) is 0 Å². The van der Waals surface area contributed by atoms with Gasteiger partial charge in [0.15, 0.2) is 0 Å². The van der Waals surface area contributed by atoms with Gasteiger partial charge in [-0.05, 0) is 93.4 Å². The molecule has 0 bridgehead atoms. The minimum absolute atomic E-state index is 0.0460. The second-order valence-corrected chi connectivity index (χ2v) is 10.3. The highest BCUT2D eigenvalue weighted by Crippen LogP contribution is 2.33. The van der Waals surface area contributed by atoms with Crippen LogP contribution in [0.3, 0.4) is 0 Å². The first-order valence-electron chi connectivity index (χ1n) is 10.8. The Labute approximate surface area is 193 Å². The summed E-state index contributed by atoms with van der Waals surface area (Å²) in [6.07, 6.45) is 4.64. The number of hydrogen-bond donors (Lipinski definition) is 0. The van der Waals surface area contributed by atoms with Gasteiger partial charge in [-0.15, -0.1) is 0 Å². The molecule has 3 rings (SSSR count). The molecule has 1 aromatic heterocycles. The highest BCUT2D eigenvalue weighted by atomic mass is 127. The van der Waals surface area contributed by atoms with E-state index in [0.29, 0.717) is 18.4 Å². The summed E-state index contributed by atoms with van der Waals surface area (Å²) in [6.45, 7) is 9.45. The van der Waals surface area contributed by atoms with E-state index >= 15 is 0 Å². The van der Waals surface area contributed by atoms with Crippen LogP contribution in [0.25, 0.3) is 11.1 Å². The molecular formula is C24H33IN2O3. The molecule has 6 heteroatoms. The lowest BCUT2D eigenvalue weighted by atomic mass is 9.82. The molecule has 0 aliphatic heterocycles. The molecule has 5 nitrogen and oxygen atoms in total. The van der Waals surface area contributed by atoms with Crippen LogP contribution in [0.5, 0.6) is 0 Å². The Morgan fingerprint density at radius 2 is 1.77 bits per heavy atom. The molecule has 164 valence electrons. The molecule has 2 aromatic rings. The maximum absolute atomic E-state index is 11.8. The summed E-state index contributed by atoms with van der Waals surface area (Å²) in [6, 6.07) is 10.5. The molecule has 1 heterocycles. The summed E-state index contributed by atoms with van der Waals surface area (Å²) in [5.74, 6) is 0.890. The number of esters is 1. The number of carbonyl (C=O) groups is 1. The molecule has 30 heavy (non-hydrogen) atoms. The van der Waals surface area contributed by atoms with Gasteiger partial charge in [-0.1, -0.05) is 30.3 Å². The van der Waals surface area contributed by atoms with E-state index in [1.807, 2.05) is 26.8 Å². The van der Waals surface area contributed by atoms with E-state index in [9.17, 15) is 4.79 Å². The topological polar surface area (TPSA) is 53.4 Å². The van der Waals surface area contributed by atoms with Gasteiger partial charge in [-0.25, -0.2) is 4.79 Å². The monoisotopic (exact) mass is 524 g/mol. The van der Waals surface area contributed by atoms with Crippen LogP contribution in [0.1, 0.15) is 52.1 Å². The Hall–Kier alpha value is -1.41. The van der Waals surface area contributed by atoms with E-state index in [-0.39, 0.29) is 12.6 Å². The average Bonchev–Trinajstić information content (AvgIpc) is 2.95. The molecule has 1 fully saturated rings. The molecule has 1 aliphatic rings. The van der Waals surface area contributed by atoms with Gasteiger partial charge in [0.05, 0.1) is 6.61 Å². The average molecular weight is 524 g/mol. The number of ether oxygens (including phenoxy) is 2. The van der Waals surface area contributed by atoms with Crippen molar-refractivity contribution >= 4 is 28.6 Å². The molecule has 0 radical (unpaired) electrons. The van der Waals surface area contributed by atoms with Crippen LogP contribution in [0.15, 0.2) is 30.3 Å². The largest absolute Gasteiger partial charge is 0.458 e. The second kappa shape index (κ2) is 10.3. The second-order valence-electron chi connectivity index (χ2n) is 9.29. The van der Waals surface area contributed by atoms with Crippen molar-refractivity contribution in [1.82, 2.24) is 9.78 Å². The zero-order valence-corrected chi connectivity index (χ0v) is 20.6. The van der Waals surface area contributed by atoms with Crippen molar-refractivity contribution in [3.8, 4) is 11.1 Å². The lowest BCUT2D eigenvalue weighted by molar-refractivity contribution is -0.160. The van der Waals surface area contributed by atoms with Gasteiger partial charge in [0.2, 0.25) is 0 Å². The van der Waals surface area contributed by atoms with Gasteiger partial charge in [0.1, 0.15) is 15.9 Å². The number of nitrogens with zero attached hydrogens (tertiary/aromatic N) is 2. The number of hydrogen-bond acceptors (Lipinski definition) is 4. The van der Waals surface area contributed by atoms with Crippen molar-refractivity contribution < 1.29 is 14.3 Å². The molecule has 0 unspecified atom stereocenters. The molecular weight excluding hydrogens is 491 g/mol. The van der Waals surface area contributed by atoms with Crippen molar-refractivity contribution in [2.75, 3.05) is 13.2 Å². The van der Waals surface area contributed by atoms with Gasteiger partial charge < -0.3 is 9.47 Å². The summed E-state index contributed by atoms with van der Waals surface area (Å²) in [5.41, 5.74) is 3.27. The highest BCUT2D eigenvalue weighted by molar-refractivity contribution is 14.1. The van der Waals surface area contributed by atoms with E-state index < -0.39 is 5.60 Å². The third-order valence-corrected chi connectivity index (χ3v) is 6.37. The Morgan fingerprint density at radius 1 is 1.13 bits per heavy atom. The standard InChI is InChI=1S/C24H33IN2O3/c1-17-22(20-8-6-5-7-9-20)23(25)26-27(17)14-18-10-12-19(13-11-18)15-29-16-21(28)30-24(2,3)4/h5-9,18-19H,10-16H2,1-4H3. The third-order valence-electron chi connectivity index (χ3n) is 5.62. The minimum Gasteiger partial charge on any atom is -0.458 e. The van der Waals surface area contributed by atoms with E-state index in [1.54, 1.807) is 0 Å². The number of halogens is 1. The van der Waals surface area contributed by atoms with Crippen LogP contribution in [0.4, 0.5) is 0 Å². The van der Waals surface area contributed by atoms with Crippen molar-refractivity contribution in [3.05, 3.63) is 39.7 Å². The Balaban J connectivity index is 1.46. The van der Waals surface area contributed by atoms with Gasteiger partial charge in [-0.2, -0.15) is 5.10 Å². The smallest absolute Gasteiger partial charge is 0.332 e.